The molecule has 18 heavy (non-hydrogen) atoms. The van der Waals surface area contributed by atoms with Crippen molar-refractivity contribution in [3.05, 3.63) is 51.7 Å². The van der Waals surface area contributed by atoms with E-state index in [1.165, 1.54) is 23.5 Å². The number of benzene rings is 1. The van der Waals surface area contributed by atoms with Gasteiger partial charge in [-0.3, -0.25) is 0 Å². The standard InChI is InChI=1S/C13H14O3S2/c1-9-6-7-12(17-9)13(14)10-4-3-5-11(8-10)18(2,15)16/h3-8,13-14H,1-2H3. The van der Waals surface area contributed by atoms with Crippen LogP contribution < -0.4 is 0 Å². The van der Waals surface area contributed by atoms with Crippen LogP contribution in [0.1, 0.15) is 21.4 Å². The van der Waals surface area contributed by atoms with E-state index in [2.05, 4.69) is 0 Å². The second kappa shape index (κ2) is 4.84. The minimum Gasteiger partial charge on any atom is -0.383 e. The second-order valence-corrected chi connectivity index (χ2v) is 7.53. The Morgan fingerprint density at radius 2 is 1.94 bits per heavy atom. The molecule has 0 fully saturated rings. The maximum atomic E-state index is 11.5. The largest absolute Gasteiger partial charge is 0.383 e. The molecule has 0 aliphatic carbocycles. The summed E-state index contributed by atoms with van der Waals surface area (Å²) in [6, 6.07) is 10.2. The third-order valence-electron chi connectivity index (χ3n) is 2.63. The number of rotatable bonds is 3. The molecule has 1 heterocycles. The third kappa shape index (κ3) is 2.80. The first kappa shape index (κ1) is 13.3. The Morgan fingerprint density at radius 1 is 1.22 bits per heavy atom. The molecule has 2 rings (SSSR count). The van der Waals surface area contributed by atoms with Crippen molar-refractivity contribution in [2.45, 2.75) is 17.9 Å². The quantitative estimate of drug-likeness (QED) is 0.941. The molecule has 0 spiro atoms. The fourth-order valence-electron chi connectivity index (χ4n) is 1.68. The molecule has 1 aromatic heterocycles. The van der Waals surface area contributed by atoms with Crippen LogP contribution >= 0.6 is 11.3 Å². The summed E-state index contributed by atoms with van der Waals surface area (Å²) < 4.78 is 22.9. The van der Waals surface area contributed by atoms with Crippen molar-refractivity contribution in [1.82, 2.24) is 0 Å². The van der Waals surface area contributed by atoms with Crippen LogP contribution in [0.3, 0.4) is 0 Å². The zero-order valence-electron chi connectivity index (χ0n) is 10.1. The molecule has 0 aliphatic rings. The summed E-state index contributed by atoms with van der Waals surface area (Å²) in [4.78, 5) is 2.16. The van der Waals surface area contributed by atoms with Crippen LogP contribution in [-0.2, 0) is 9.84 Å². The number of hydrogen-bond acceptors (Lipinski definition) is 4. The van der Waals surface area contributed by atoms with Crippen LogP contribution in [0.2, 0.25) is 0 Å². The van der Waals surface area contributed by atoms with Gasteiger partial charge in [0.2, 0.25) is 0 Å². The van der Waals surface area contributed by atoms with E-state index < -0.39 is 15.9 Å². The summed E-state index contributed by atoms with van der Waals surface area (Å²) >= 11 is 1.50. The van der Waals surface area contributed by atoms with Crippen molar-refractivity contribution in [3.63, 3.8) is 0 Å². The average molecular weight is 282 g/mol. The molecule has 1 atom stereocenters. The van der Waals surface area contributed by atoms with Gasteiger partial charge in [-0.25, -0.2) is 8.42 Å². The van der Waals surface area contributed by atoms with Gasteiger partial charge in [-0.2, -0.15) is 0 Å². The van der Waals surface area contributed by atoms with E-state index in [1.54, 1.807) is 12.1 Å². The van der Waals surface area contributed by atoms with E-state index in [9.17, 15) is 13.5 Å². The van der Waals surface area contributed by atoms with Crippen molar-refractivity contribution < 1.29 is 13.5 Å². The molecule has 1 unspecified atom stereocenters. The van der Waals surface area contributed by atoms with E-state index in [4.69, 9.17) is 0 Å². The normalized spacial score (nSPS) is 13.5. The van der Waals surface area contributed by atoms with Gasteiger partial charge in [0, 0.05) is 16.0 Å². The highest BCUT2D eigenvalue weighted by Crippen LogP contribution is 2.29. The highest BCUT2D eigenvalue weighted by atomic mass is 32.2. The fraction of sp³-hybridized carbons (Fsp3) is 0.231. The van der Waals surface area contributed by atoms with Crippen molar-refractivity contribution >= 4 is 21.2 Å². The fourth-order valence-corrected chi connectivity index (χ4v) is 3.25. The van der Waals surface area contributed by atoms with Crippen LogP contribution in [0.4, 0.5) is 0 Å². The van der Waals surface area contributed by atoms with Crippen molar-refractivity contribution in [2.24, 2.45) is 0 Å². The Bertz CT molecular complexity index is 656. The SMILES string of the molecule is Cc1ccc(C(O)c2cccc(S(C)(=O)=O)c2)s1. The van der Waals surface area contributed by atoms with E-state index >= 15 is 0 Å². The van der Waals surface area contributed by atoms with Gasteiger partial charge in [0.15, 0.2) is 9.84 Å². The number of hydrogen-bond donors (Lipinski definition) is 1. The van der Waals surface area contributed by atoms with Crippen LogP contribution in [0, 0.1) is 6.92 Å². The zero-order chi connectivity index (χ0) is 13.3. The molecular formula is C13H14O3S2. The Balaban J connectivity index is 2.40. The van der Waals surface area contributed by atoms with Gasteiger partial charge in [0.05, 0.1) is 4.90 Å². The summed E-state index contributed by atoms with van der Waals surface area (Å²) in [5.41, 5.74) is 0.597. The van der Waals surface area contributed by atoms with Gasteiger partial charge in [-0.15, -0.1) is 11.3 Å². The number of thiophene rings is 1. The lowest BCUT2D eigenvalue weighted by Gasteiger charge is -2.10. The number of aliphatic hydroxyl groups excluding tert-OH is 1. The van der Waals surface area contributed by atoms with Gasteiger partial charge < -0.3 is 5.11 Å². The highest BCUT2D eigenvalue weighted by Gasteiger charge is 2.15. The maximum absolute atomic E-state index is 11.5. The van der Waals surface area contributed by atoms with Gasteiger partial charge in [-0.1, -0.05) is 12.1 Å². The van der Waals surface area contributed by atoms with Crippen molar-refractivity contribution in [2.75, 3.05) is 6.26 Å². The molecule has 0 radical (unpaired) electrons. The summed E-state index contributed by atoms with van der Waals surface area (Å²) in [6.07, 6.45) is 0.388. The Labute approximate surface area is 111 Å². The predicted octanol–water partition coefficient (Wildman–Crippen LogP) is 2.54. The lowest BCUT2D eigenvalue weighted by atomic mass is 10.1. The lowest BCUT2D eigenvalue weighted by Crippen LogP contribution is -2.01. The monoisotopic (exact) mass is 282 g/mol. The zero-order valence-corrected chi connectivity index (χ0v) is 11.8. The summed E-state index contributed by atoms with van der Waals surface area (Å²) in [5, 5.41) is 10.2. The first-order valence-corrected chi connectivity index (χ1v) is 8.13. The first-order valence-electron chi connectivity index (χ1n) is 5.42. The van der Waals surface area contributed by atoms with Gasteiger partial charge in [0.25, 0.3) is 0 Å². The van der Waals surface area contributed by atoms with E-state index in [0.29, 0.717) is 5.56 Å². The number of aliphatic hydroxyl groups is 1. The minimum absolute atomic E-state index is 0.229. The van der Waals surface area contributed by atoms with E-state index in [-0.39, 0.29) is 4.90 Å². The van der Waals surface area contributed by atoms with Crippen LogP contribution in [-0.4, -0.2) is 19.8 Å². The summed E-state index contributed by atoms with van der Waals surface area (Å²) in [6.45, 7) is 1.97. The molecule has 1 N–H and O–H groups in total. The summed E-state index contributed by atoms with van der Waals surface area (Å²) in [5.74, 6) is 0. The van der Waals surface area contributed by atoms with Gasteiger partial charge in [-0.05, 0) is 36.8 Å². The molecule has 0 saturated carbocycles. The Morgan fingerprint density at radius 3 is 2.50 bits per heavy atom. The molecule has 0 saturated heterocycles. The molecule has 96 valence electrons. The third-order valence-corrected chi connectivity index (χ3v) is 4.80. The van der Waals surface area contributed by atoms with Crippen molar-refractivity contribution in [1.29, 1.82) is 0 Å². The highest BCUT2D eigenvalue weighted by molar-refractivity contribution is 7.90. The van der Waals surface area contributed by atoms with Crippen molar-refractivity contribution in [3.8, 4) is 0 Å². The molecule has 0 bridgehead atoms. The molecule has 3 nitrogen and oxygen atoms in total. The maximum Gasteiger partial charge on any atom is 0.175 e. The van der Waals surface area contributed by atoms with Crippen LogP contribution in [0.15, 0.2) is 41.3 Å². The first-order chi connectivity index (χ1) is 8.38. The Kier molecular flexibility index (Phi) is 3.56. The lowest BCUT2D eigenvalue weighted by molar-refractivity contribution is 0.224. The van der Waals surface area contributed by atoms with Gasteiger partial charge in [0.1, 0.15) is 6.10 Å². The van der Waals surface area contributed by atoms with E-state index in [1.807, 2.05) is 19.1 Å². The molecule has 1 aromatic carbocycles. The number of aryl methyl sites for hydroxylation is 1. The second-order valence-electron chi connectivity index (χ2n) is 4.20. The minimum atomic E-state index is -3.24. The molecule has 0 aliphatic heterocycles. The Hall–Kier alpha value is -1.17. The van der Waals surface area contributed by atoms with Gasteiger partial charge >= 0.3 is 0 Å². The number of sulfone groups is 1. The summed E-state index contributed by atoms with van der Waals surface area (Å²) in [7, 11) is -3.24. The topological polar surface area (TPSA) is 54.4 Å². The van der Waals surface area contributed by atoms with Crippen LogP contribution in [0.5, 0.6) is 0 Å². The molecule has 5 heteroatoms. The molecule has 0 amide bonds. The smallest absolute Gasteiger partial charge is 0.175 e. The predicted molar refractivity (Wildman–Crippen MR) is 72.7 cm³/mol. The average Bonchev–Trinajstić information content (AvgIpc) is 2.74. The van der Waals surface area contributed by atoms with Crippen LogP contribution in [0.25, 0.3) is 0 Å². The molecular weight excluding hydrogens is 268 g/mol. The molecule has 2 aromatic rings. The van der Waals surface area contributed by atoms with E-state index in [0.717, 1.165) is 16.0 Å².